The van der Waals surface area contributed by atoms with Gasteiger partial charge in [0.25, 0.3) is 0 Å². The number of pyridine rings is 1. The number of esters is 1. The van der Waals surface area contributed by atoms with Gasteiger partial charge in [0.15, 0.2) is 5.75 Å². The number of halogens is 1. The van der Waals surface area contributed by atoms with Crippen molar-refractivity contribution in [2.45, 2.75) is 13.3 Å². The second-order valence-corrected chi connectivity index (χ2v) is 6.27. The van der Waals surface area contributed by atoms with Gasteiger partial charge < -0.3 is 14.4 Å². The molecule has 3 rings (SSSR count). The number of carbonyl (C=O) groups is 2. The summed E-state index contributed by atoms with van der Waals surface area (Å²) < 4.78 is 11.4. The van der Waals surface area contributed by atoms with Crippen LogP contribution in [0.1, 0.15) is 13.3 Å². The molecular formula is C18H17BrN2O4. The Labute approximate surface area is 153 Å². The molecule has 0 bridgehead atoms. The van der Waals surface area contributed by atoms with Crippen molar-refractivity contribution in [3.63, 3.8) is 0 Å². The highest BCUT2D eigenvalue weighted by molar-refractivity contribution is 9.10. The maximum Gasteiger partial charge on any atom is 0.316 e. The summed E-state index contributed by atoms with van der Waals surface area (Å²) in [6.45, 7) is 2.65. The highest BCUT2D eigenvalue weighted by atomic mass is 79.9. The Balaban J connectivity index is 1.74. The number of rotatable bonds is 5. The first-order chi connectivity index (χ1) is 12.1. The SMILES string of the molecule is CCOc1ccccc1N1CC(C(=O)Oc2cccnc2Br)CC1=O. The molecule has 130 valence electrons. The Kier molecular flexibility index (Phi) is 5.33. The third-order valence-corrected chi connectivity index (χ3v) is 4.45. The standard InChI is InChI=1S/C18H17BrN2O4/c1-2-24-14-7-4-3-6-13(14)21-11-12(10-16(21)22)18(23)25-15-8-5-9-20-17(15)19/h3-9,12H,2,10-11H2,1H3. The highest BCUT2D eigenvalue weighted by Gasteiger charge is 2.37. The van der Waals surface area contributed by atoms with Crippen LogP contribution in [0.4, 0.5) is 5.69 Å². The number of carbonyl (C=O) groups excluding carboxylic acids is 2. The molecule has 6 nitrogen and oxygen atoms in total. The number of nitrogens with zero attached hydrogens (tertiary/aromatic N) is 2. The summed E-state index contributed by atoms with van der Waals surface area (Å²) in [5.74, 6) is -0.137. The molecule has 2 aromatic rings. The number of hydrogen-bond acceptors (Lipinski definition) is 5. The number of anilines is 1. The van der Waals surface area contributed by atoms with Crippen LogP contribution in [0.5, 0.6) is 11.5 Å². The average Bonchev–Trinajstić information content (AvgIpc) is 2.99. The first kappa shape index (κ1) is 17.4. The second kappa shape index (κ2) is 7.65. The Morgan fingerprint density at radius 2 is 2.04 bits per heavy atom. The van der Waals surface area contributed by atoms with Crippen LogP contribution in [0.15, 0.2) is 47.2 Å². The van der Waals surface area contributed by atoms with Crippen molar-refractivity contribution < 1.29 is 19.1 Å². The fourth-order valence-electron chi connectivity index (χ4n) is 2.70. The number of ether oxygens (including phenoxy) is 2. The van der Waals surface area contributed by atoms with Crippen molar-refractivity contribution >= 4 is 33.5 Å². The van der Waals surface area contributed by atoms with Crippen LogP contribution >= 0.6 is 15.9 Å². The number of amides is 1. The van der Waals surface area contributed by atoms with Gasteiger partial charge in [0.1, 0.15) is 10.4 Å². The number of para-hydroxylation sites is 2. The van der Waals surface area contributed by atoms with E-state index in [9.17, 15) is 9.59 Å². The zero-order valence-electron chi connectivity index (χ0n) is 13.6. The second-order valence-electron chi connectivity index (χ2n) is 5.52. The van der Waals surface area contributed by atoms with Crippen LogP contribution in [0.3, 0.4) is 0 Å². The number of aromatic nitrogens is 1. The quantitative estimate of drug-likeness (QED) is 0.565. The minimum absolute atomic E-state index is 0.108. The van der Waals surface area contributed by atoms with Crippen molar-refractivity contribution in [2.75, 3.05) is 18.1 Å². The monoisotopic (exact) mass is 404 g/mol. The molecule has 1 aromatic heterocycles. The van der Waals surface area contributed by atoms with E-state index in [4.69, 9.17) is 9.47 Å². The molecular weight excluding hydrogens is 388 g/mol. The first-order valence-corrected chi connectivity index (χ1v) is 8.74. The van der Waals surface area contributed by atoms with Crippen molar-refractivity contribution in [2.24, 2.45) is 5.92 Å². The van der Waals surface area contributed by atoms with Gasteiger partial charge in [-0.3, -0.25) is 9.59 Å². The van der Waals surface area contributed by atoms with Crippen LogP contribution in [0.2, 0.25) is 0 Å². The third-order valence-electron chi connectivity index (χ3n) is 3.85. The van der Waals surface area contributed by atoms with Gasteiger partial charge in [-0.1, -0.05) is 12.1 Å². The molecule has 2 heterocycles. The van der Waals surface area contributed by atoms with Gasteiger partial charge in [-0.2, -0.15) is 0 Å². The van der Waals surface area contributed by atoms with Gasteiger partial charge in [0, 0.05) is 19.2 Å². The van der Waals surface area contributed by atoms with Crippen LogP contribution in [0.25, 0.3) is 0 Å². The van der Waals surface area contributed by atoms with Crippen LogP contribution in [0, 0.1) is 5.92 Å². The molecule has 1 saturated heterocycles. The molecule has 0 aliphatic carbocycles. The molecule has 0 radical (unpaired) electrons. The van der Waals surface area contributed by atoms with Gasteiger partial charge in [-0.15, -0.1) is 0 Å². The van der Waals surface area contributed by atoms with E-state index in [0.29, 0.717) is 28.4 Å². The zero-order valence-corrected chi connectivity index (χ0v) is 15.2. The van der Waals surface area contributed by atoms with Crippen LogP contribution < -0.4 is 14.4 Å². The fourth-order valence-corrected chi connectivity index (χ4v) is 3.03. The van der Waals surface area contributed by atoms with E-state index in [-0.39, 0.29) is 18.9 Å². The molecule has 0 spiro atoms. The van der Waals surface area contributed by atoms with Gasteiger partial charge in [0.2, 0.25) is 5.91 Å². The molecule has 7 heteroatoms. The molecule has 0 N–H and O–H groups in total. The van der Waals surface area contributed by atoms with Crippen molar-refractivity contribution in [3.05, 3.63) is 47.2 Å². The van der Waals surface area contributed by atoms with Crippen molar-refractivity contribution in [1.82, 2.24) is 4.98 Å². The van der Waals surface area contributed by atoms with Gasteiger partial charge in [0.05, 0.1) is 18.2 Å². The minimum atomic E-state index is -0.533. The minimum Gasteiger partial charge on any atom is -0.492 e. The summed E-state index contributed by atoms with van der Waals surface area (Å²) in [5, 5.41) is 0. The van der Waals surface area contributed by atoms with E-state index in [1.165, 1.54) is 0 Å². The van der Waals surface area contributed by atoms with Gasteiger partial charge in [-0.05, 0) is 47.1 Å². The predicted molar refractivity (Wildman–Crippen MR) is 95.6 cm³/mol. The Hall–Kier alpha value is -2.41. The fraction of sp³-hybridized carbons (Fsp3) is 0.278. The molecule has 0 saturated carbocycles. The molecule has 1 aliphatic rings. The molecule has 1 unspecified atom stereocenters. The topological polar surface area (TPSA) is 68.7 Å². The largest absolute Gasteiger partial charge is 0.492 e. The maximum atomic E-state index is 12.4. The van der Waals surface area contributed by atoms with E-state index in [0.717, 1.165) is 0 Å². The summed E-state index contributed by atoms with van der Waals surface area (Å²) in [4.78, 5) is 30.4. The molecule has 1 amide bonds. The summed E-state index contributed by atoms with van der Waals surface area (Å²) in [7, 11) is 0. The van der Waals surface area contributed by atoms with E-state index in [1.807, 2.05) is 31.2 Å². The summed E-state index contributed by atoms with van der Waals surface area (Å²) in [6, 6.07) is 10.6. The third kappa shape index (κ3) is 3.82. The number of benzene rings is 1. The van der Waals surface area contributed by atoms with Crippen LogP contribution in [-0.4, -0.2) is 30.0 Å². The lowest BCUT2D eigenvalue weighted by molar-refractivity contribution is -0.139. The smallest absolute Gasteiger partial charge is 0.316 e. The maximum absolute atomic E-state index is 12.4. The molecule has 1 atom stereocenters. The lowest BCUT2D eigenvalue weighted by atomic mass is 10.1. The number of hydrogen-bond donors (Lipinski definition) is 0. The predicted octanol–water partition coefficient (Wildman–Crippen LogP) is 3.20. The first-order valence-electron chi connectivity index (χ1n) is 7.94. The summed E-state index contributed by atoms with van der Waals surface area (Å²) >= 11 is 3.24. The van der Waals surface area contributed by atoms with Gasteiger partial charge >= 0.3 is 5.97 Å². The Morgan fingerprint density at radius 1 is 1.28 bits per heavy atom. The molecule has 1 fully saturated rings. The van der Waals surface area contributed by atoms with Crippen molar-refractivity contribution in [1.29, 1.82) is 0 Å². The van der Waals surface area contributed by atoms with E-state index < -0.39 is 11.9 Å². The molecule has 1 aromatic carbocycles. The summed E-state index contributed by atoms with van der Waals surface area (Å²) in [5.41, 5.74) is 0.673. The van der Waals surface area contributed by atoms with Gasteiger partial charge in [-0.25, -0.2) is 4.98 Å². The Bertz CT molecular complexity index is 796. The van der Waals surface area contributed by atoms with Crippen molar-refractivity contribution in [3.8, 4) is 11.5 Å². The van der Waals surface area contributed by atoms with E-state index in [2.05, 4.69) is 20.9 Å². The van der Waals surface area contributed by atoms with Crippen LogP contribution in [-0.2, 0) is 9.59 Å². The normalized spacial score (nSPS) is 16.8. The molecule has 1 aliphatic heterocycles. The van der Waals surface area contributed by atoms with E-state index in [1.54, 1.807) is 23.2 Å². The average molecular weight is 405 g/mol. The lowest BCUT2D eigenvalue weighted by Crippen LogP contribution is -2.27. The zero-order chi connectivity index (χ0) is 17.8. The Morgan fingerprint density at radius 3 is 2.80 bits per heavy atom. The lowest BCUT2D eigenvalue weighted by Gasteiger charge is -2.20. The molecule has 25 heavy (non-hydrogen) atoms. The highest BCUT2D eigenvalue weighted by Crippen LogP contribution is 2.33. The van der Waals surface area contributed by atoms with E-state index >= 15 is 0 Å². The summed E-state index contributed by atoms with van der Waals surface area (Å²) in [6.07, 6.45) is 1.70.